The topological polar surface area (TPSA) is 29.5 Å². The van der Waals surface area contributed by atoms with E-state index >= 15 is 0 Å². The zero-order valence-corrected chi connectivity index (χ0v) is 11.3. The summed E-state index contributed by atoms with van der Waals surface area (Å²) >= 11 is 7.19. The van der Waals surface area contributed by atoms with E-state index in [2.05, 4.69) is 0 Å². The molecule has 1 aromatic heterocycles. The van der Waals surface area contributed by atoms with Crippen LogP contribution in [0.5, 0.6) is 5.75 Å². The summed E-state index contributed by atoms with van der Waals surface area (Å²) in [6.45, 7) is 0. The van der Waals surface area contributed by atoms with Crippen LogP contribution in [-0.4, -0.2) is 12.2 Å². The molecule has 1 unspecified atom stereocenters. The standard InChI is InChI=1S/C13H12ClFO2S/c1-17-12-4-5-18-13(12)11(16)7-8-6-9(14)2-3-10(8)15/h2-6,11,16H,7H2,1H3. The Labute approximate surface area is 114 Å². The van der Waals surface area contributed by atoms with Crippen molar-refractivity contribution in [2.24, 2.45) is 0 Å². The highest BCUT2D eigenvalue weighted by Gasteiger charge is 2.17. The molecule has 0 aliphatic heterocycles. The fraction of sp³-hybridized carbons (Fsp3) is 0.231. The van der Waals surface area contributed by atoms with Gasteiger partial charge in [-0.1, -0.05) is 11.6 Å². The Morgan fingerprint density at radius 2 is 2.22 bits per heavy atom. The normalized spacial score (nSPS) is 12.4. The zero-order chi connectivity index (χ0) is 13.1. The van der Waals surface area contributed by atoms with Crippen LogP contribution in [-0.2, 0) is 6.42 Å². The molecule has 0 radical (unpaired) electrons. The molecule has 96 valence electrons. The van der Waals surface area contributed by atoms with Gasteiger partial charge in [-0.3, -0.25) is 0 Å². The van der Waals surface area contributed by atoms with Gasteiger partial charge in [0.2, 0.25) is 0 Å². The molecule has 1 heterocycles. The molecular formula is C13H12ClFO2S. The van der Waals surface area contributed by atoms with Gasteiger partial charge < -0.3 is 9.84 Å². The predicted octanol–water partition coefficient (Wildman–Crippen LogP) is 3.83. The molecule has 1 atom stereocenters. The Morgan fingerprint density at radius 1 is 1.44 bits per heavy atom. The van der Waals surface area contributed by atoms with Gasteiger partial charge in [0.1, 0.15) is 11.6 Å². The van der Waals surface area contributed by atoms with Crippen molar-refractivity contribution in [2.45, 2.75) is 12.5 Å². The molecule has 0 saturated heterocycles. The van der Waals surface area contributed by atoms with Crippen LogP contribution in [0.25, 0.3) is 0 Å². The van der Waals surface area contributed by atoms with Crippen LogP contribution >= 0.6 is 22.9 Å². The van der Waals surface area contributed by atoms with E-state index in [1.165, 1.54) is 36.6 Å². The van der Waals surface area contributed by atoms with Crippen molar-refractivity contribution >= 4 is 22.9 Å². The van der Waals surface area contributed by atoms with E-state index in [4.69, 9.17) is 16.3 Å². The maximum Gasteiger partial charge on any atom is 0.135 e. The average molecular weight is 287 g/mol. The van der Waals surface area contributed by atoms with Gasteiger partial charge in [0.25, 0.3) is 0 Å². The first kappa shape index (κ1) is 13.3. The average Bonchev–Trinajstić information content (AvgIpc) is 2.82. The first-order valence-corrected chi connectivity index (χ1v) is 6.61. The van der Waals surface area contributed by atoms with Crippen LogP contribution in [0.2, 0.25) is 5.02 Å². The third kappa shape index (κ3) is 2.83. The summed E-state index contributed by atoms with van der Waals surface area (Å²) in [7, 11) is 1.54. The minimum Gasteiger partial charge on any atom is -0.495 e. The lowest BCUT2D eigenvalue weighted by molar-refractivity contribution is 0.177. The predicted molar refractivity (Wildman–Crippen MR) is 70.9 cm³/mol. The smallest absolute Gasteiger partial charge is 0.135 e. The van der Waals surface area contributed by atoms with Crippen molar-refractivity contribution in [3.63, 3.8) is 0 Å². The summed E-state index contributed by atoms with van der Waals surface area (Å²) in [5, 5.41) is 12.4. The fourth-order valence-electron chi connectivity index (χ4n) is 1.72. The number of ether oxygens (including phenoxy) is 1. The number of benzene rings is 1. The van der Waals surface area contributed by atoms with Crippen LogP contribution in [0.3, 0.4) is 0 Å². The minimum atomic E-state index is -0.798. The Balaban J connectivity index is 2.21. The van der Waals surface area contributed by atoms with Gasteiger partial charge in [-0.25, -0.2) is 4.39 Å². The number of hydrogen-bond acceptors (Lipinski definition) is 3. The molecule has 0 spiro atoms. The zero-order valence-electron chi connectivity index (χ0n) is 9.69. The summed E-state index contributed by atoms with van der Waals surface area (Å²) in [5.74, 6) is 0.254. The van der Waals surface area contributed by atoms with Crippen molar-refractivity contribution in [2.75, 3.05) is 7.11 Å². The van der Waals surface area contributed by atoms with E-state index in [1.54, 1.807) is 6.07 Å². The Bertz CT molecular complexity index is 542. The number of methoxy groups -OCH3 is 1. The van der Waals surface area contributed by atoms with Gasteiger partial charge in [-0.05, 0) is 35.2 Å². The number of aliphatic hydroxyl groups is 1. The van der Waals surface area contributed by atoms with Crippen LogP contribution < -0.4 is 4.74 Å². The highest BCUT2D eigenvalue weighted by Crippen LogP contribution is 2.33. The van der Waals surface area contributed by atoms with E-state index in [0.717, 1.165) is 0 Å². The fourth-order valence-corrected chi connectivity index (χ4v) is 2.76. The third-order valence-corrected chi connectivity index (χ3v) is 3.84. The van der Waals surface area contributed by atoms with E-state index < -0.39 is 6.10 Å². The molecule has 2 rings (SSSR count). The van der Waals surface area contributed by atoms with E-state index in [1.807, 2.05) is 5.38 Å². The summed E-state index contributed by atoms with van der Waals surface area (Å²) in [5.41, 5.74) is 0.394. The first-order valence-electron chi connectivity index (χ1n) is 5.35. The highest BCUT2D eigenvalue weighted by atomic mass is 35.5. The number of aliphatic hydroxyl groups excluding tert-OH is 1. The number of thiophene rings is 1. The SMILES string of the molecule is COc1ccsc1C(O)Cc1cc(Cl)ccc1F. The molecule has 5 heteroatoms. The lowest BCUT2D eigenvalue weighted by Gasteiger charge is -2.11. The summed E-state index contributed by atoms with van der Waals surface area (Å²) in [4.78, 5) is 0.692. The van der Waals surface area contributed by atoms with Gasteiger partial charge in [0, 0.05) is 11.4 Å². The van der Waals surface area contributed by atoms with Gasteiger partial charge in [-0.15, -0.1) is 11.3 Å². The molecule has 1 aromatic carbocycles. The lowest BCUT2D eigenvalue weighted by atomic mass is 10.1. The summed E-state index contributed by atoms with van der Waals surface area (Å²) < 4.78 is 18.7. The van der Waals surface area contributed by atoms with E-state index in [9.17, 15) is 9.50 Å². The number of rotatable bonds is 4. The molecule has 0 fully saturated rings. The van der Waals surface area contributed by atoms with E-state index in [-0.39, 0.29) is 12.2 Å². The molecule has 2 nitrogen and oxygen atoms in total. The molecule has 0 bridgehead atoms. The molecule has 0 amide bonds. The Morgan fingerprint density at radius 3 is 2.94 bits per heavy atom. The highest BCUT2D eigenvalue weighted by molar-refractivity contribution is 7.10. The number of hydrogen-bond donors (Lipinski definition) is 1. The molecule has 18 heavy (non-hydrogen) atoms. The molecule has 2 aromatic rings. The van der Waals surface area contributed by atoms with Crippen LogP contribution in [0.15, 0.2) is 29.6 Å². The second-order valence-electron chi connectivity index (χ2n) is 3.81. The second kappa shape index (κ2) is 5.69. The molecule has 1 N–H and O–H groups in total. The van der Waals surface area contributed by atoms with E-state index in [0.29, 0.717) is 21.2 Å². The van der Waals surface area contributed by atoms with Crippen LogP contribution in [0, 0.1) is 5.82 Å². The minimum absolute atomic E-state index is 0.170. The van der Waals surface area contributed by atoms with Crippen LogP contribution in [0.1, 0.15) is 16.5 Å². The van der Waals surface area contributed by atoms with Crippen molar-refractivity contribution in [3.8, 4) is 5.75 Å². The quantitative estimate of drug-likeness (QED) is 0.926. The largest absolute Gasteiger partial charge is 0.495 e. The summed E-state index contributed by atoms with van der Waals surface area (Å²) in [6.07, 6.45) is -0.628. The van der Waals surface area contributed by atoms with Gasteiger partial charge in [0.05, 0.1) is 18.1 Å². The summed E-state index contributed by atoms with van der Waals surface area (Å²) in [6, 6.07) is 6.09. The molecule has 0 saturated carbocycles. The second-order valence-corrected chi connectivity index (χ2v) is 5.19. The van der Waals surface area contributed by atoms with Gasteiger partial charge in [0.15, 0.2) is 0 Å². The van der Waals surface area contributed by atoms with Crippen molar-refractivity contribution in [1.29, 1.82) is 0 Å². The maximum atomic E-state index is 13.6. The maximum absolute atomic E-state index is 13.6. The van der Waals surface area contributed by atoms with Crippen molar-refractivity contribution in [3.05, 3.63) is 50.9 Å². The first-order chi connectivity index (χ1) is 8.61. The third-order valence-electron chi connectivity index (χ3n) is 2.60. The van der Waals surface area contributed by atoms with Crippen molar-refractivity contribution < 1.29 is 14.2 Å². The molecule has 0 aliphatic carbocycles. The molecule has 0 aliphatic rings. The van der Waals surface area contributed by atoms with Gasteiger partial charge in [-0.2, -0.15) is 0 Å². The Kier molecular flexibility index (Phi) is 4.22. The van der Waals surface area contributed by atoms with Gasteiger partial charge >= 0.3 is 0 Å². The van der Waals surface area contributed by atoms with Crippen molar-refractivity contribution in [1.82, 2.24) is 0 Å². The lowest BCUT2D eigenvalue weighted by Crippen LogP contribution is -2.03. The number of halogens is 2. The van der Waals surface area contributed by atoms with Crippen LogP contribution in [0.4, 0.5) is 4.39 Å². The Hall–Kier alpha value is -1.10. The monoisotopic (exact) mass is 286 g/mol. The molecular weight excluding hydrogens is 275 g/mol.